The van der Waals surface area contributed by atoms with E-state index in [1.165, 1.54) is 130 Å². The molecule has 0 saturated carbocycles. The number of methoxy groups -OCH3 is 2. The van der Waals surface area contributed by atoms with Gasteiger partial charge in [0.2, 0.25) is 0 Å². The van der Waals surface area contributed by atoms with E-state index in [-0.39, 0.29) is 17.6 Å². The Hall–Kier alpha value is -10.1. The quantitative estimate of drug-likeness (QED) is 0.0954. The molecule has 0 N–H and O–H groups in total. The molecule has 0 saturated heterocycles. The number of benzene rings is 11. The molecule has 15 heteroatoms. The lowest BCUT2D eigenvalue weighted by atomic mass is 9.97. The minimum Gasteiger partial charge on any atom is -0.497 e. The van der Waals surface area contributed by atoms with Crippen LogP contribution >= 0.6 is 11.6 Å². The van der Waals surface area contributed by atoms with Gasteiger partial charge in [-0.05, 0) is 421 Å². The summed E-state index contributed by atoms with van der Waals surface area (Å²) in [6.07, 6.45) is -3.00. The van der Waals surface area contributed by atoms with Crippen LogP contribution < -0.4 is 28.4 Å². The average Bonchev–Trinajstić information content (AvgIpc) is 0.895. The smallest absolute Gasteiger partial charge is 0.497 e. The first-order valence-corrected chi connectivity index (χ1v) is 42.6. The maximum Gasteiger partial charge on any atom is 0.573 e. The van der Waals surface area contributed by atoms with Crippen LogP contribution in [0.15, 0.2) is 200 Å². The summed E-state index contributed by atoms with van der Waals surface area (Å²) in [6, 6.07) is 63.6. The largest absolute Gasteiger partial charge is 0.573 e. The topological polar surface area (TPSA) is 55.4 Å². The van der Waals surface area contributed by atoms with Crippen molar-refractivity contribution >= 4 is 11.6 Å². The van der Waals surface area contributed by atoms with Gasteiger partial charge in [-0.1, -0.05) is 169 Å². The van der Waals surface area contributed by atoms with E-state index < -0.39 is 24.7 Å². The molecule has 0 aromatic heterocycles. The van der Waals surface area contributed by atoms with E-state index in [9.17, 15) is 35.1 Å². The van der Waals surface area contributed by atoms with Gasteiger partial charge in [0, 0.05) is 5.02 Å². The molecule has 0 radical (unpaired) electrons. The Kier molecular flexibility index (Phi) is 51.8. The summed E-state index contributed by atoms with van der Waals surface area (Å²) in [7, 11) is 3.38. The van der Waals surface area contributed by atoms with Gasteiger partial charge < -0.3 is 28.4 Å². The molecule has 0 fully saturated rings. The molecule has 0 spiro atoms. The van der Waals surface area contributed by atoms with Crippen molar-refractivity contribution in [2.45, 2.75) is 264 Å². The summed E-state index contributed by atoms with van der Waals surface area (Å²) in [5, 5.41) is 0.836. The predicted molar refractivity (Wildman–Crippen MR) is 505 cm³/mol. The predicted octanol–water partition coefficient (Wildman–Crippen LogP) is 32.7. The minimum absolute atomic E-state index is 0.171. The average molecular weight is 1720 g/mol. The van der Waals surface area contributed by atoms with E-state index in [0.29, 0.717) is 11.5 Å². The molecule has 0 heterocycles. The standard InChI is InChI=1S/C12H18.C11H16O.C11H16.2C10H14O.C9H11Cl.C9H9F3O.C9H9F3.C9H10F2O.C9H12O.C9H12/c1-5-11-8-12(9(2)3)7-6-10(11)4;1-8(2)12-11-6-5-9(3)10(4)7-11;1-4-10-7-6-9(3)11(5-2)8-10;1-4-9-7-10(11-3)6-5-8(9)2;1-4-11-10-6-5-8(2)9(3)7-10;1-3-8-6-9(10)5-4-7(8)2;1-6-3-4-8(5-7(6)2)13-9(10,11)12;1-6-3-4-8(5-7(6)2)9(10,11)12;1-6-3-4-8(5-7(6)2)12-9(10)11;1-7-4-5-9(10-3)6-8(7)2;1-7-4-5-8(2)9(3)6-7/h6-9H,5H2,1-4H3;5-8H,1-4H3;6-8H,4-5H2,1-3H3;2*5-7H,4H2,1-3H3;4-6H,3H2,1-2H3;3-5H,1-2H3;3-5H,1-2H3;3-5,9H,1-2H3;4-6H,1-3H3;4-6H,1-3H3. The van der Waals surface area contributed by atoms with Gasteiger partial charge in [-0.2, -0.15) is 22.0 Å². The summed E-state index contributed by atoms with van der Waals surface area (Å²) in [4.78, 5) is 0. The lowest BCUT2D eigenvalue weighted by molar-refractivity contribution is -0.274. The third-order valence-electron chi connectivity index (χ3n) is 20.5. The molecule has 672 valence electrons. The van der Waals surface area contributed by atoms with E-state index in [1.54, 1.807) is 53.2 Å². The van der Waals surface area contributed by atoms with Crippen molar-refractivity contribution in [3.63, 3.8) is 0 Å². The maximum absolute atomic E-state index is 12.1. The highest BCUT2D eigenvalue weighted by Crippen LogP contribution is 2.31. The van der Waals surface area contributed by atoms with Crippen molar-refractivity contribution in [3.8, 4) is 34.5 Å². The number of hydrogen-bond acceptors (Lipinski definition) is 6. The Balaban J connectivity index is 0.000000677. The van der Waals surface area contributed by atoms with Crippen molar-refractivity contribution < 1.29 is 63.5 Å². The Bertz CT molecular complexity index is 4790. The molecule has 11 aromatic carbocycles. The summed E-state index contributed by atoms with van der Waals surface area (Å²) in [5.74, 6) is 4.51. The number of hydrogen-bond donors (Lipinski definition) is 0. The van der Waals surface area contributed by atoms with Crippen LogP contribution in [0.3, 0.4) is 0 Å². The molecule has 11 aromatic rings. The number of halogens is 9. The van der Waals surface area contributed by atoms with Crippen molar-refractivity contribution in [1.82, 2.24) is 0 Å². The van der Waals surface area contributed by atoms with E-state index in [0.717, 1.165) is 107 Å². The van der Waals surface area contributed by atoms with Crippen LogP contribution in [0.25, 0.3) is 0 Å². The van der Waals surface area contributed by atoms with E-state index in [4.69, 9.17) is 30.5 Å². The second kappa shape index (κ2) is 57.4. The fraction of sp³-hybridized carbons (Fsp3) is 0.389. The molecule has 11 rings (SSSR count). The Morgan fingerprint density at radius 2 is 0.626 bits per heavy atom. The Morgan fingerprint density at radius 3 is 0.992 bits per heavy atom. The van der Waals surface area contributed by atoms with Crippen molar-refractivity contribution in [3.05, 3.63) is 350 Å². The van der Waals surface area contributed by atoms with Crippen LogP contribution in [0.2, 0.25) is 5.02 Å². The number of rotatable bonds is 15. The highest BCUT2D eigenvalue weighted by atomic mass is 35.5. The van der Waals surface area contributed by atoms with Crippen LogP contribution in [0.1, 0.15) is 220 Å². The first kappa shape index (κ1) is 111. The molecule has 0 aliphatic heterocycles. The zero-order valence-corrected chi connectivity index (χ0v) is 80.1. The summed E-state index contributed by atoms with van der Waals surface area (Å²) in [6.45, 7) is 57.8. The summed E-state index contributed by atoms with van der Waals surface area (Å²) >= 11 is 5.80. The van der Waals surface area contributed by atoms with Gasteiger partial charge in [0.15, 0.2) is 0 Å². The van der Waals surface area contributed by atoms with Gasteiger partial charge in [-0.15, -0.1) is 13.2 Å². The van der Waals surface area contributed by atoms with Gasteiger partial charge in [0.25, 0.3) is 0 Å². The maximum atomic E-state index is 12.1. The van der Waals surface area contributed by atoms with Gasteiger partial charge in [-0.25, -0.2) is 0 Å². The molecule has 0 aliphatic rings. The fourth-order valence-corrected chi connectivity index (χ4v) is 11.6. The molecule has 0 bridgehead atoms. The number of alkyl halides is 8. The minimum atomic E-state index is -4.61. The highest BCUT2D eigenvalue weighted by Gasteiger charge is 2.31. The lowest BCUT2D eigenvalue weighted by Crippen LogP contribution is -2.17. The van der Waals surface area contributed by atoms with Crippen molar-refractivity contribution in [1.29, 1.82) is 0 Å². The van der Waals surface area contributed by atoms with Gasteiger partial charge in [0.1, 0.15) is 34.5 Å². The van der Waals surface area contributed by atoms with Crippen LogP contribution in [0.4, 0.5) is 35.1 Å². The van der Waals surface area contributed by atoms with Crippen molar-refractivity contribution in [2.24, 2.45) is 0 Å². The molecule has 0 amide bonds. The van der Waals surface area contributed by atoms with Gasteiger partial charge in [-0.3, -0.25) is 0 Å². The van der Waals surface area contributed by atoms with Gasteiger partial charge >= 0.3 is 19.2 Å². The number of aryl methyl sites for hydroxylation is 24. The van der Waals surface area contributed by atoms with Crippen molar-refractivity contribution in [2.75, 3.05) is 20.8 Å². The SMILES string of the molecule is CCOc1ccc(C)c(C)c1.CCc1cc(C(C)C)ccc1C.CCc1cc(Cl)ccc1C.CCc1cc(OC)ccc1C.CCc1ccc(C)c(CC)c1.COc1ccc(C)c(C)c1.Cc1ccc(C(F)(F)F)cc1C.Cc1ccc(C)c(C)c1.Cc1ccc(OC(C)C)cc1C.Cc1ccc(OC(F)(F)F)cc1C.Cc1ccc(OC(F)F)cc1C. The summed E-state index contributed by atoms with van der Waals surface area (Å²) < 4.78 is 124. The Labute approximate surface area is 740 Å². The zero-order chi connectivity index (χ0) is 93.6. The first-order chi connectivity index (χ1) is 57.6. The molecule has 0 aliphatic carbocycles. The van der Waals surface area contributed by atoms with Crippen LogP contribution in [-0.4, -0.2) is 39.9 Å². The second-order valence-corrected chi connectivity index (χ2v) is 31.5. The molecule has 0 unspecified atom stereocenters. The number of ether oxygens (including phenoxy) is 6. The second-order valence-electron chi connectivity index (χ2n) is 31.1. The fourth-order valence-electron chi connectivity index (χ4n) is 11.4. The summed E-state index contributed by atoms with van der Waals surface area (Å²) in [5.41, 5.74) is 30.7. The normalized spacial score (nSPS) is 10.4. The first-order valence-electron chi connectivity index (χ1n) is 42.2. The lowest BCUT2D eigenvalue weighted by Gasteiger charge is -2.10. The molecule has 123 heavy (non-hydrogen) atoms. The van der Waals surface area contributed by atoms with E-state index >= 15 is 0 Å². The zero-order valence-electron chi connectivity index (χ0n) is 79.4. The highest BCUT2D eigenvalue weighted by molar-refractivity contribution is 6.30. The van der Waals surface area contributed by atoms with Crippen LogP contribution in [-0.2, 0) is 38.3 Å². The van der Waals surface area contributed by atoms with Crippen LogP contribution in [0, 0.1) is 132 Å². The Morgan fingerprint density at radius 1 is 0.301 bits per heavy atom. The molecule has 6 nitrogen and oxygen atoms in total. The monoisotopic (exact) mass is 1720 g/mol. The third kappa shape index (κ3) is 45.2. The molecular formula is C108H141ClF8O6. The molecule has 0 atom stereocenters. The third-order valence-corrected chi connectivity index (χ3v) is 20.8. The van der Waals surface area contributed by atoms with Gasteiger partial charge in [0.05, 0.1) is 32.5 Å². The van der Waals surface area contributed by atoms with E-state index in [2.05, 4.69) is 251 Å². The van der Waals surface area contributed by atoms with E-state index in [1.807, 2.05) is 84.0 Å². The molecular weight excluding hydrogens is 1580 g/mol. The van der Waals surface area contributed by atoms with Crippen LogP contribution in [0.5, 0.6) is 34.5 Å².